The van der Waals surface area contributed by atoms with E-state index in [2.05, 4.69) is 13.8 Å². The van der Waals surface area contributed by atoms with Gasteiger partial charge in [-0.2, -0.15) is 0 Å². The Hall–Kier alpha value is -0.0800. The van der Waals surface area contributed by atoms with Crippen LogP contribution in [0.3, 0.4) is 0 Å². The highest BCUT2D eigenvalue weighted by molar-refractivity contribution is 5.01. The maximum Gasteiger partial charge on any atom is 0.0691 e. The molecule has 76 valence electrons. The molecular formula is C11H21NO. The lowest BCUT2D eigenvalue weighted by Gasteiger charge is -2.30. The van der Waals surface area contributed by atoms with Gasteiger partial charge in [-0.05, 0) is 58.4 Å². The van der Waals surface area contributed by atoms with Crippen LogP contribution in [0.5, 0.6) is 0 Å². The van der Waals surface area contributed by atoms with Gasteiger partial charge in [0.2, 0.25) is 0 Å². The van der Waals surface area contributed by atoms with Gasteiger partial charge in [-0.25, -0.2) is 0 Å². The van der Waals surface area contributed by atoms with Crippen molar-refractivity contribution in [2.45, 2.75) is 57.2 Å². The van der Waals surface area contributed by atoms with Crippen LogP contribution in [0, 0.1) is 5.92 Å². The Bertz CT molecular complexity index is 202. The molecule has 1 saturated carbocycles. The van der Waals surface area contributed by atoms with E-state index in [1.165, 1.54) is 25.7 Å². The first-order chi connectivity index (χ1) is 6.08. The van der Waals surface area contributed by atoms with Crippen molar-refractivity contribution >= 4 is 0 Å². The molecule has 2 aliphatic rings. The van der Waals surface area contributed by atoms with Crippen LogP contribution in [0.15, 0.2) is 0 Å². The van der Waals surface area contributed by atoms with E-state index in [-0.39, 0.29) is 11.2 Å². The molecule has 2 rings (SSSR count). The summed E-state index contributed by atoms with van der Waals surface area (Å²) >= 11 is 0. The first-order valence-corrected chi connectivity index (χ1v) is 5.48. The zero-order chi connectivity index (χ0) is 9.53. The maximum atomic E-state index is 6.22. The molecule has 1 heterocycles. The third-order valence-electron chi connectivity index (χ3n) is 3.74. The lowest BCUT2D eigenvalue weighted by molar-refractivity contribution is -0.0985. The minimum atomic E-state index is 0.0755. The largest absolute Gasteiger partial charge is 0.369 e. The van der Waals surface area contributed by atoms with Crippen molar-refractivity contribution < 1.29 is 4.74 Å². The Morgan fingerprint density at radius 1 is 1.31 bits per heavy atom. The van der Waals surface area contributed by atoms with Crippen LogP contribution in [-0.4, -0.2) is 17.7 Å². The highest BCUT2D eigenvalue weighted by Crippen LogP contribution is 2.51. The van der Waals surface area contributed by atoms with Crippen LogP contribution < -0.4 is 5.73 Å². The average Bonchev–Trinajstić information content (AvgIpc) is 2.81. The van der Waals surface area contributed by atoms with Crippen molar-refractivity contribution in [1.82, 2.24) is 0 Å². The molecule has 0 bridgehead atoms. The predicted octanol–water partition coefficient (Wildman–Crippen LogP) is 2.07. The minimum absolute atomic E-state index is 0.0755. The van der Waals surface area contributed by atoms with Crippen molar-refractivity contribution in [2.75, 3.05) is 6.54 Å². The van der Waals surface area contributed by atoms with Crippen molar-refractivity contribution in [3.8, 4) is 0 Å². The van der Waals surface area contributed by atoms with Crippen LogP contribution in [0.1, 0.15) is 46.0 Å². The monoisotopic (exact) mass is 183 g/mol. The van der Waals surface area contributed by atoms with Gasteiger partial charge >= 0.3 is 0 Å². The van der Waals surface area contributed by atoms with E-state index in [1.54, 1.807) is 0 Å². The van der Waals surface area contributed by atoms with E-state index in [1.807, 2.05) is 0 Å². The van der Waals surface area contributed by atoms with Crippen molar-refractivity contribution in [3.05, 3.63) is 0 Å². The lowest BCUT2D eigenvalue weighted by atomic mass is 9.93. The Kier molecular flexibility index (Phi) is 2.16. The summed E-state index contributed by atoms with van der Waals surface area (Å²) < 4.78 is 6.22. The molecule has 2 fully saturated rings. The first-order valence-electron chi connectivity index (χ1n) is 5.48. The van der Waals surface area contributed by atoms with E-state index < -0.39 is 0 Å². The molecule has 0 aromatic heterocycles. The van der Waals surface area contributed by atoms with Crippen LogP contribution in [0.2, 0.25) is 0 Å². The van der Waals surface area contributed by atoms with Gasteiger partial charge in [0.25, 0.3) is 0 Å². The number of hydrogen-bond donors (Lipinski definition) is 1. The molecule has 0 aromatic carbocycles. The summed E-state index contributed by atoms with van der Waals surface area (Å²) in [7, 11) is 0. The van der Waals surface area contributed by atoms with Crippen molar-refractivity contribution in [2.24, 2.45) is 11.7 Å². The van der Waals surface area contributed by atoms with Crippen molar-refractivity contribution in [3.63, 3.8) is 0 Å². The van der Waals surface area contributed by atoms with E-state index in [9.17, 15) is 0 Å². The molecule has 0 amide bonds. The van der Waals surface area contributed by atoms with Crippen LogP contribution in [-0.2, 0) is 4.74 Å². The fraction of sp³-hybridized carbons (Fsp3) is 1.00. The average molecular weight is 183 g/mol. The van der Waals surface area contributed by atoms with Gasteiger partial charge in [-0.15, -0.1) is 0 Å². The molecule has 1 saturated heterocycles. The predicted molar refractivity (Wildman–Crippen MR) is 53.5 cm³/mol. The molecule has 2 nitrogen and oxygen atoms in total. The van der Waals surface area contributed by atoms with Crippen molar-refractivity contribution in [1.29, 1.82) is 0 Å². The Balaban J connectivity index is 1.98. The van der Waals surface area contributed by atoms with Crippen LogP contribution in [0.4, 0.5) is 0 Å². The molecule has 2 heteroatoms. The SMILES string of the molecule is CC1(CCN)CCC(C)(C2CC2)O1. The second-order valence-electron chi connectivity index (χ2n) is 5.18. The molecule has 2 unspecified atom stereocenters. The third-order valence-corrected chi connectivity index (χ3v) is 3.74. The van der Waals surface area contributed by atoms with E-state index in [0.29, 0.717) is 0 Å². The molecule has 0 spiro atoms. The zero-order valence-corrected chi connectivity index (χ0v) is 8.81. The summed E-state index contributed by atoms with van der Waals surface area (Å²) in [5.74, 6) is 0.840. The van der Waals surface area contributed by atoms with Gasteiger partial charge in [0, 0.05) is 0 Å². The van der Waals surface area contributed by atoms with E-state index in [0.717, 1.165) is 18.9 Å². The Labute approximate surface area is 80.8 Å². The standard InChI is InChI=1S/C11H21NO/c1-10(7-8-12)5-6-11(2,13-10)9-3-4-9/h9H,3-8,12H2,1-2H3. The number of nitrogens with two attached hydrogens (primary N) is 1. The summed E-state index contributed by atoms with van der Waals surface area (Å²) in [6, 6.07) is 0. The number of ether oxygens (including phenoxy) is 1. The second kappa shape index (κ2) is 2.96. The molecule has 2 N–H and O–H groups in total. The first kappa shape index (κ1) is 9.47. The van der Waals surface area contributed by atoms with Gasteiger partial charge < -0.3 is 10.5 Å². The summed E-state index contributed by atoms with van der Waals surface area (Å²) in [5.41, 5.74) is 5.85. The van der Waals surface area contributed by atoms with Gasteiger partial charge in [0.05, 0.1) is 11.2 Å². The summed E-state index contributed by atoms with van der Waals surface area (Å²) in [4.78, 5) is 0. The number of rotatable bonds is 3. The lowest BCUT2D eigenvalue weighted by Crippen LogP contribution is -2.34. The van der Waals surface area contributed by atoms with Gasteiger partial charge in [-0.3, -0.25) is 0 Å². The zero-order valence-electron chi connectivity index (χ0n) is 8.81. The topological polar surface area (TPSA) is 35.2 Å². The summed E-state index contributed by atoms with van der Waals surface area (Å²) in [6.07, 6.45) is 6.17. The van der Waals surface area contributed by atoms with Gasteiger partial charge in [0.15, 0.2) is 0 Å². The van der Waals surface area contributed by atoms with Crippen LogP contribution >= 0.6 is 0 Å². The quantitative estimate of drug-likeness (QED) is 0.727. The maximum absolute atomic E-state index is 6.22. The molecule has 1 aliphatic heterocycles. The highest BCUT2D eigenvalue weighted by Gasteiger charge is 2.51. The van der Waals surface area contributed by atoms with E-state index in [4.69, 9.17) is 10.5 Å². The fourth-order valence-corrected chi connectivity index (χ4v) is 2.64. The van der Waals surface area contributed by atoms with E-state index >= 15 is 0 Å². The molecular weight excluding hydrogens is 162 g/mol. The third kappa shape index (κ3) is 1.75. The highest BCUT2D eigenvalue weighted by atomic mass is 16.5. The summed E-state index contributed by atoms with van der Waals surface area (Å²) in [5, 5.41) is 0. The summed E-state index contributed by atoms with van der Waals surface area (Å²) in [6.45, 7) is 5.25. The Morgan fingerprint density at radius 3 is 2.54 bits per heavy atom. The van der Waals surface area contributed by atoms with Gasteiger partial charge in [-0.1, -0.05) is 0 Å². The normalized spacial score (nSPS) is 45.5. The smallest absolute Gasteiger partial charge is 0.0691 e. The molecule has 1 aliphatic carbocycles. The number of hydrogen-bond acceptors (Lipinski definition) is 2. The fourth-order valence-electron chi connectivity index (χ4n) is 2.64. The van der Waals surface area contributed by atoms with Gasteiger partial charge in [0.1, 0.15) is 0 Å². The van der Waals surface area contributed by atoms with Crippen LogP contribution in [0.25, 0.3) is 0 Å². The molecule has 2 atom stereocenters. The molecule has 13 heavy (non-hydrogen) atoms. The molecule has 0 radical (unpaired) electrons. The second-order valence-corrected chi connectivity index (χ2v) is 5.18. The molecule has 0 aromatic rings. The minimum Gasteiger partial charge on any atom is -0.369 e. The Morgan fingerprint density at radius 2 is 2.00 bits per heavy atom.